The van der Waals surface area contributed by atoms with Crippen LogP contribution in [0.1, 0.15) is 29.8 Å². The zero-order valence-electron chi connectivity index (χ0n) is 15.8. The topological polar surface area (TPSA) is 97.2 Å². The largest absolute Gasteiger partial charge is 0.481 e. The Kier molecular flexibility index (Phi) is 6.28. The number of nitrogens with zero attached hydrogens (tertiary/aromatic N) is 4. The number of carbonyl (C=O) groups is 2. The first-order chi connectivity index (χ1) is 12.9. The van der Waals surface area contributed by atoms with Crippen molar-refractivity contribution >= 4 is 17.8 Å². The van der Waals surface area contributed by atoms with Crippen molar-refractivity contribution in [3.05, 3.63) is 23.9 Å². The van der Waals surface area contributed by atoms with Gasteiger partial charge in [0.1, 0.15) is 5.82 Å². The summed E-state index contributed by atoms with van der Waals surface area (Å²) in [6.07, 6.45) is 1.72. The highest BCUT2D eigenvalue weighted by atomic mass is 16.4. The standard InChI is InChI=1S/C19H28N4O4/c1-21-9-11-22(12-10-21)16-7-8-23(13-14(16)5-6-18(24)25)17-4-2-3-15(20-17)19(26)27/h2-4,14,16H,5-13H2,1H3,(H,24,25)(H,26,27)/t14-,16+/m0/s1. The third-order valence-electron chi connectivity index (χ3n) is 5.71. The van der Waals surface area contributed by atoms with Crippen LogP contribution in [0.5, 0.6) is 0 Å². The lowest BCUT2D eigenvalue weighted by molar-refractivity contribution is -0.137. The van der Waals surface area contributed by atoms with Crippen LogP contribution in [0.3, 0.4) is 0 Å². The van der Waals surface area contributed by atoms with Crippen LogP contribution in [-0.4, -0.2) is 89.3 Å². The van der Waals surface area contributed by atoms with Crippen LogP contribution in [0.4, 0.5) is 5.82 Å². The second-order valence-corrected chi connectivity index (χ2v) is 7.52. The normalized spacial score (nSPS) is 24.7. The minimum Gasteiger partial charge on any atom is -0.481 e. The Morgan fingerprint density at radius 2 is 1.89 bits per heavy atom. The highest BCUT2D eigenvalue weighted by Crippen LogP contribution is 2.29. The lowest BCUT2D eigenvalue weighted by Gasteiger charge is -2.46. The quantitative estimate of drug-likeness (QED) is 0.761. The van der Waals surface area contributed by atoms with Gasteiger partial charge in [-0.25, -0.2) is 9.78 Å². The second-order valence-electron chi connectivity index (χ2n) is 7.52. The van der Waals surface area contributed by atoms with Crippen molar-refractivity contribution in [2.24, 2.45) is 5.92 Å². The summed E-state index contributed by atoms with van der Waals surface area (Å²) in [5, 5.41) is 18.3. The van der Waals surface area contributed by atoms with E-state index in [9.17, 15) is 14.7 Å². The number of hydrogen-bond acceptors (Lipinski definition) is 6. The first kappa shape index (κ1) is 19.6. The van der Waals surface area contributed by atoms with Crippen molar-refractivity contribution in [2.45, 2.75) is 25.3 Å². The van der Waals surface area contributed by atoms with E-state index >= 15 is 0 Å². The number of likely N-dealkylation sites (N-methyl/N-ethyl adjacent to an activating group) is 1. The van der Waals surface area contributed by atoms with Crippen molar-refractivity contribution in [3.8, 4) is 0 Å². The van der Waals surface area contributed by atoms with Crippen LogP contribution >= 0.6 is 0 Å². The maximum Gasteiger partial charge on any atom is 0.354 e. The molecule has 3 rings (SSSR count). The van der Waals surface area contributed by atoms with Gasteiger partial charge >= 0.3 is 11.9 Å². The fourth-order valence-electron chi connectivity index (χ4n) is 4.17. The zero-order chi connectivity index (χ0) is 19.4. The van der Waals surface area contributed by atoms with E-state index in [1.54, 1.807) is 6.07 Å². The van der Waals surface area contributed by atoms with Crippen LogP contribution in [-0.2, 0) is 4.79 Å². The molecule has 0 saturated carbocycles. The Hall–Kier alpha value is -2.19. The number of rotatable bonds is 6. The average Bonchev–Trinajstić information content (AvgIpc) is 2.67. The van der Waals surface area contributed by atoms with E-state index in [0.29, 0.717) is 24.8 Å². The molecule has 1 aromatic heterocycles. The van der Waals surface area contributed by atoms with Crippen LogP contribution in [0.15, 0.2) is 18.2 Å². The van der Waals surface area contributed by atoms with Gasteiger partial charge in [0.2, 0.25) is 0 Å². The summed E-state index contributed by atoms with van der Waals surface area (Å²) in [5.74, 6) is -0.914. The number of aromatic carboxylic acids is 1. The number of aromatic nitrogens is 1. The number of hydrogen-bond donors (Lipinski definition) is 2. The van der Waals surface area contributed by atoms with E-state index in [1.807, 2.05) is 6.07 Å². The highest BCUT2D eigenvalue weighted by molar-refractivity contribution is 5.85. The van der Waals surface area contributed by atoms with E-state index in [4.69, 9.17) is 5.11 Å². The molecule has 2 saturated heterocycles. The summed E-state index contributed by atoms with van der Waals surface area (Å²) in [6.45, 7) is 5.61. The first-order valence-electron chi connectivity index (χ1n) is 9.53. The molecule has 0 spiro atoms. The second kappa shape index (κ2) is 8.67. The number of anilines is 1. The molecule has 0 unspecified atom stereocenters. The van der Waals surface area contributed by atoms with E-state index in [-0.39, 0.29) is 18.0 Å². The third kappa shape index (κ3) is 4.95. The molecule has 0 aliphatic carbocycles. The molecule has 8 heteroatoms. The molecule has 3 heterocycles. The zero-order valence-corrected chi connectivity index (χ0v) is 15.8. The summed E-state index contributed by atoms with van der Waals surface area (Å²) in [5.41, 5.74) is 0.0378. The molecule has 27 heavy (non-hydrogen) atoms. The Bertz CT molecular complexity index is 675. The van der Waals surface area contributed by atoms with Gasteiger partial charge in [-0.2, -0.15) is 0 Å². The van der Waals surface area contributed by atoms with Gasteiger partial charge in [0.25, 0.3) is 0 Å². The summed E-state index contributed by atoms with van der Waals surface area (Å²) in [7, 11) is 2.13. The number of carboxylic acids is 2. The van der Waals surface area contributed by atoms with Crippen LogP contribution < -0.4 is 4.90 Å². The molecule has 2 fully saturated rings. The Balaban J connectivity index is 1.73. The predicted octanol–water partition coefficient (Wildman–Crippen LogP) is 1.09. The Morgan fingerprint density at radius 3 is 2.56 bits per heavy atom. The van der Waals surface area contributed by atoms with Crippen molar-refractivity contribution in [1.29, 1.82) is 0 Å². The molecule has 1 aromatic rings. The van der Waals surface area contributed by atoms with Gasteiger partial charge in [-0.15, -0.1) is 0 Å². The maximum atomic E-state index is 11.2. The molecular weight excluding hydrogens is 348 g/mol. The Labute approximate surface area is 159 Å². The summed E-state index contributed by atoms with van der Waals surface area (Å²) < 4.78 is 0. The Morgan fingerprint density at radius 1 is 1.15 bits per heavy atom. The van der Waals surface area contributed by atoms with E-state index in [1.165, 1.54) is 6.07 Å². The fourth-order valence-corrected chi connectivity index (χ4v) is 4.17. The number of pyridine rings is 1. The molecule has 2 N–H and O–H groups in total. The summed E-state index contributed by atoms with van der Waals surface area (Å²) >= 11 is 0. The third-order valence-corrected chi connectivity index (χ3v) is 5.71. The van der Waals surface area contributed by atoms with E-state index in [0.717, 1.165) is 39.1 Å². The molecule has 0 bridgehead atoms. The van der Waals surface area contributed by atoms with Crippen LogP contribution in [0.2, 0.25) is 0 Å². The SMILES string of the molecule is CN1CCN([C@@H]2CCN(c3cccc(C(=O)O)n3)C[C@@H]2CCC(=O)O)CC1. The lowest BCUT2D eigenvalue weighted by Crippen LogP contribution is -2.56. The molecular formula is C19H28N4O4. The summed E-state index contributed by atoms with van der Waals surface area (Å²) in [4.78, 5) is 33.5. The lowest BCUT2D eigenvalue weighted by atomic mass is 9.86. The maximum absolute atomic E-state index is 11.2. The molecule has 0 aromatic carbocycles. The van der Waals surface area contributed by atoms with E-state index in [2.05, 4.69) is 26.7 Å². The van der Waals surface area contributed by atoms with Gasteiger partial charge in [-0.05, 0) is 37.9 Å². The number of carboxylic acid groups (broad SMARTS) is 2. The first-order valence-corrected chi connectivity index (χ1v) is 9.53. The monoisotopic (exact) mass is 376 g/mol. The molecule has 2 aliphatic heterocycles. The van der Waals surface area contributed by atoms with Gasteiger partial charge in [-0.1, -0.05) is 6.07 Å². The average molecular weight is 376 g/mol. The number of aliphatic carboxylic acids is 1. The molecule has 2 atom stereocenters. The molecule has 0 amide bonds. The van der Waals surface area contributed by atoms with Gasteiger partial charge in [0, 0.05) is 51.7 Å². The smallest absolute Gasteiger partial charge is 0.354 e. The van der Waals surface area contributed by atoms with Crippen molar-refractivity contribution in [1.82, 2.24) is 14.8 Å². The summed E-state index contributed by atoms with van der Waals surface area (Å²) in [6, 6.07) is 5.41. The van der Waals surface area contributed by atoms with Crippen LogP contribution in [0.25, 0.3) is 0 Å². The van der Waals surface area contributed by atoms with E-state index < -0.39 is 11.9 Å². The highest BCUT2D eigenvalue weighted by Gasteiger charge is 2.35. The van der Waals surface area contributed by atoms with Gasteiger partial charge in [0.15, 0.2) is 5.69 Å². The van der Waals surface area contributed by atoms with Gasteiger partial charge in [-0.3, -0.25) is 9.69 Å². The minimum atomic E-state index is -1.04. The van der Waals surface area contributed by atoms with Gasteiger partial charge < -0.3 is 20.0 Å². The van der Waals surface area contributed by atoms with Gasteiger partial charge in [0.05, 0.1) is 0 Å². The van der Waals surface area contributed by atoms with Crippen LogP contribution in [0, 0.1) is 5.92 Å². The van der Waals surface area contributed by atoms with Crippen molar-refractivity contribution in [3.63, 3.8) is 0 Å². The van der Waals surface area contributed by atoms with Crippen molar-refractivity contribution < 1.29 is 19.8 Å². The fraction of sp³-hybridized carbons (Fsp3) is 0.632. The molecule has 148 valence electrons. The van der Waals surface area contributed by atoms with Crippen molar-refractivity contribution in [2.75, 3.05) is 51.2 Å². The number of piperazine rings is 1. The minimum absolute atomic E-state index is 0.0378. The molecule has 8 nitrogen and oxygen atoms in total. The predicted molar refractivity (Wildman–Crippen MR) is 101 cm³/mol. The molecule has 0 radical (unpaired) electrons. The number of piperidine rings is 1. The molecule has 2 aliphatic rings.